The molecule has 4 rings (SSSR count). The first kappa shape index (κ1) is 23.6. The molecule has 1 amide bonds. The van der Waals surface area contributed by atoms with Gasteiger partial charge in [0.15, 0.2) is 0 Å². The van der Waals surface area contributed by atoms with E-state index in [-0.39, 0.29) is 17.9 Å². The number of rotatable bonds is 9. The van der Waals surface area contributed by atoms with Crippen molar-refractivity contribution in [2.75, 3.05) is 37.8 Å². The van der Waals surface area contributed by atoms with Gasteiger partial charge in [-0.3, -0.25) is 4.79 Å². The highest BCUT2D eigenvalue weighted by Gasteiger charge is 2.43. The Bertz CT molecular complexity index is 830. The average Bonchev–Trinajstić information content (AvgIpc) is 3.31. The number of carbonyl (C=O) groups excluding carboxylic acids is 1. The number of thioether (sulfide) groups is 1. The lowest BCUT2D eigenvalue weighted by Crippen LogP contribution is -2.41. The fourth-order valence-corrected chi connectivity index (χ4v) is 6.34. The van der Waals surface area contributed by atoms with E-state index in [0.717, 1.165) is 50.9 Å². The number of benzene rings is 1. The summed E-state index contributed by atoms with van der Waals surface area (Å²) >= 11 is 1.75. The third-order valence-corrected chi connectivity index (χ3v) is 8.09. The number of amides is 1. The van der Waals surface area contributed by atoms with Crippen LogP contribution in [0.1, 0.15) is 36.8 Å². The highest BCUT2D eigenvalue weighted by molar-refractivity contribution is 7.99. The zero-order chi connectivity index (χ0) is 22.3. The Morgan fingerprint density at radius 1 is 1.28 bits per heavy atom. The number of fused-ring (bicyclic) bond motifs is 1. The van der Waals surface area contributed by atoms with Crippen LogP contribution in [0.2, 0.25) is 0 Å². The van der Waals surface area contributed by atoms with Crippen molar-refractivity contribution in [2.45, 2.75) is 45.1 Å². The van der Waals surface area contributed by atoms with Crippen LogP contribution in [-0.4, -0.2) is 59.8 Å². The monoisotopic (exact) mass is 455 g/mol. The Kier molecular flexibility index (Phi) is 8.50. The van der Waals surface area contributed by atoms with Crippen molar-refractivity contribution in [2.24, 2.45) is 17.8 Å². The lowest BCUT2D eigenvalue weighted by atomic mass is 9.89. The molecule has 1 N–H and O–H groups in total. The first-order chi connectivity index (χ1) is 15.6. The largest absolute Gasteiger partial charge is 0.392 e. The van der Waals surface area contributed by atoms with E-state index in [2.05, 4.69) is 49.4 Å². The second-order valence-corrected chi connectivity index (χ2v) is 10.6. The van der Waals surface area contributed by atoms with Crippen molar-refractivity contribution in [3.8, 4) is 0 Å². The summed E-state index contributed by atoms with van der Waals surface area (Å²) in [4.78, 5) is 14.2. The molecule has 2 fully saturated rings. The van der Waals surface area contributed by atoms with Gasteiger partial charge in [-0.2, -0.15) is 11.8 Å². The molecule has 3 aliphatic rings. The number of carbonyl (C=O) groups is 1. The molecule has 0 aromatic heterocycles. The van der Waals surface area contributed by atoms with Gasteiger partial charge in [0.25, 0.3) is 0 Å². The van der Waals surface area contributed by atoms with Crippen LogP contribution >= 0.6 is 11.8 Å². The predicted octanol–water partition coefficient (Wildman–Crippen LogP) is 4.41. The summed E-state index contributed by atoms with van der Waals surface area (Å²) in [6, 6.07) is 8.72. The predicted molar refractivity (Wildman–Crippen MR) is 132 cm³/mol. The van der Waals surface area contributed by atoms with Crippen LogP contribution in [0.25, 0.3) is 0 Å². The van der Waals surface area contributed by atoms with E-state index in [1.165, 1.54) is 16.7 Å². The number of aliphatic hydroxyl groups excluding tert-OH is 1. The molecular formula is C27H37NO3S. The Morgan fingerprint density at radius 3 is 2.94 bits per heavy atom. The van der Waals surface area contributed by atoms with Crippen LogP contribution in [0.4, 0.5) is 0 Å². The van der Waals surface area contributed by atoms with Crippen LogP contribution in [0, 0.1) is 24.7 Å². The molecule has 1 heterocycles. The maximum absolute atomic E-state index is 12.3. The van der Waals surface area contributed by atoms with Crippen molar-refractivity contribution in [3.05, 3.63) is 59.2 Å². The second kappa shape index (κ2) is 11.5. The van der Waals surface area contributed by atoms with E-state index in [1.54, 1.807) is 11.8 Å². The van der Waals surface area contributed by atoms with Crippen molar-refractivity contribution in [1.82, 2.24) is 4.90 Å². The van der Waals surface area contributed by atoms with Gasteiger partial charge in [-0.05, 0) is 62.2 Å². The Labute approximate surface area is 197 Å². The number of allylic oxidation sites excluding steroid dienone is 3. The van der Waals surface area contributed by atoms with Crippen molar-refractivity contribution in [1.29, 1.82) is 0 Å². The summed E-state index contributed by atoms with van der Waals surface area (Å²) in [6.45, 7) is 4.94. The molecule has 5 heteroatoms. The Morgan fingerprint density at radius 2 is 2.12 bits per heavy atom. The maximum Gasteiger partial charge on any atom is 0.232 e. The van der Waals surface area contributed by atoms with E-state index >= 15 is 0 Å². The number of aryl methyl sites for hydroxylation is 2. The van der Waals surface area contributed by atoms with Gasteiger partial charge in [-0.25, -0.2) is 0 Å². The molecule has 0 unspecified atom stereocenters. The molecule has 1 aliphatic heterocycles. The van der Waals surface area contributed by atoms with Crippen molar-refractivity contribution < 1.29 is 14.6 Å². The SMILES string of the molecule is Cc1cccc(CC/C=C/[C@@H]2[C@H]3CC(CCSCC(=O)N4CCOCC4)=C[C@H]3C[C@H]2O)c1. The fourth-order valence-electron chi connectivity index (χ4n) is 5.43. The Balaban J connectivity index is 1.17. The van der Waals surface area contributed by atoms with E-state index in [0.29, 0.717) is 30.8 Å². The third-order valence-electron chi connectivity index (χ3n) is 7.15. The van der Waals surface area contributed by atoms with E-state index < -0.39 is 0 Å². The normalized spacial score (nSPS) is 27.7. The topological polar surface area (TPSA) is 49.8 Å². The first-order valence-corrected chi connectivity index (χ1v) is 13.3. The van der Waals surface area contributed by atoms with Crippen LogP contribution in [0.3, 0.4) is 0 Å². The van der Waals surface area contributed by atoms with Gasteiger partial charge in [-0.1, -0.05) is 53.6 Å². The van der Waals surface area contributed by atoms with E-state index in [1.807, 2.05) is 4.90 Å². The fraction of sp³-hybridized carbons (Fsp3) is 0.593. The number of ether oxygens (including phenoxy) is 1. The minimum absolute atomic E-state index is 0.210. The van der Waals surface area contributed by atoms with Gasteiger partial charge >= 0.3 is 0 Å². The molecule has 0 bridgehead atoms. The first-order valence-electron chi connectivity index (χ1n) is 12.1. The molecule has 2 aliphatic carbocycles. The van der Waals surface area contributed by atoms with Crippen LogP contribution in [0.15, 0.2) is 48.1 Å². The summed E-state index contributed by atoms with van der Waals surface area (Å²) in [7, 11) is 0. The maximum atomic E-state index is 12.3. The number of aliphatic hydroxyl groups is 1. The number of nitrogens with zero attached hydrogens (tertiary/aromatic N) is 1. The summed E-state index contributed by atoms with van der Waals surface area (Å²) in [5.74, 6) is 3.17. The molecule has 1 saturated heterocycles. The van der Waals surface area contributed by atoms with Gasteiger partial charge in [0.05, 0.1) is 25.1 Å². The molecule has 4 nitrogen and oxygen atoms in total. The number of hydrogen-bond acceptors (Lipinski definition) is 4. The summed E-state index contributed by atoms with van der Waals surface area (Å²) < 4.78 is 5.32. The van der Waals surface area contributed by atoms with Crippen molar-refractivity contribution in [3.63, 3.8) is 0 Å². The molecule has 174 valence electrons. The number of morpholine rings is 1. The minimum atomic E-state index is -0.210. The standard InChI is InChI=1S/C27H37NO3S/c1-20-5-4-7-21(15-20)6-2-3-8-24-25-17-22(16-23(25)18-26(24)29)9-14-32-19-27(30)28-10-12-31-13-11-28/h3-5,7-8,15-16,23-26,29H,2,6,9-14,17-19H2,1H3/b8-3+/t23-,24+,25-,26+/m0/s1. The number of hydrogen-bond donors (Lipinski definition) is 1. The lowest BCUT2D eigenvalue weighted by Gasteiger charge is -2.26. The minimum Gasteiger partial charge on any atom is -0.392 e. The molecule has 0 spiro atoms. The van der Waals surface area contributed by atoms with E-state index in [9.17, 15) is 9.90 Å². The summed E-state index contributed by atoms with van der Waals surface area (Å²) in [5, 5.41) is 10.6. The smallest absolute Gasteiger partial charge is 0.232 e. The highest BCUT2D eigenvalue weighted by atomic mass is 32.2. The summed E-state index contributed by atoms with van der Waals surface area (Å²) in [6.07, 6.45) is 11.9. The quantitative estimate of drug-likeness (QED) is 0.443. The van der Waals surface area contributed by atoms with E-state index in [4.69, 9.17) is 4.74 Å². The van der Waals surface area contributed by atoms with Gasteiger partial charge < -0.3 is 14.7 Å². The third kappa shape index (κ3) is 6.27. The molecule has 1 saturated carbocycles. The molecule has 1 aromatic rings. The van der Waals surface area contributed by atoms with Crippen LogP contribution in [0.5, 0.6) is 0 Å². The average molecular weight is 456 g/mol. The second-order valence-electron chi connectivity index (χ2n) is 9.49. The highest BCUT2D eigenvalue weighted by Crippen LogP contribution is 2.48. The van der Waals surface area contributed by atoms with Crippen LogP contribution < -0.4 is 0 Å². The molecule has 0 radical (unpaired) electrons. The molecule has 32 heavy (non-hydrogen) atoms. The summed E-state index contributed by atoms with van der Waals surface area (Å²) in [5.41, 5.74) is 4.22. The van der Waals surface area contributed by atoms with Gasteiger partial charge in [-0.15, -0.1) is 0 Å². The van der Waals surface area contributed by atoms with Gasteiger partial charge in [0.1, 0.15) is 0 Å². The lowest BCUT2D eigenvalue weighted by molar-refractivity contribution is -0.132. The molecule has 1 aromatic carbocycles. The molecular weight excluding hydrogens is 418 g/mol. The van der Waals surface area contributed by atoms with Crippen LogP contribution in [-0.2, 0) is 16.0 Å². The zero-order valence-corrected chi connectivity index (χ0v) is 20.1. The Hall–Kier alpha value is -1.56. The zero-order valence-electron chi connectivity index (χ0n) is 19.2. The van der Waals surface area contributed by atoms with Gasteiger partial charge in [0, 0.05) is 19.0 Å². The van der Waals surface area contributed by atoms with Crippen molar-refractivity contribution >= 4 is 17.7 Å². The molecule has 4 atom stereocenters. The van der Waals surface area contributed by atoms with Gasteiger partial charge in [0.2, 0.25) is 5.91 Å².